The lowest BCUT2D eigenvalue weighted by molar-refractivity contribution is 0.0481. The van der Waals surface area contributed by atoms with E-state index >= 15 is 0 Å². The number of anilines is 1. The highest BCUT2D eigenvalue weighted by atomic mass is 16.5. The number of esters is 1. The molecule has 6 aromatic rings. The molecule has 1 atom stereocenters. The van der Waals surface area contributed by atoms with Gasteiger partial charge in [0.2, 0.25) is 0 Å². The van der Waals surface area contributed by atoms with Gasteiger partial charge in [-0.25, -0.2) is 14.7 Å². The van der Waals surface area contributed by atoms with Crippen LogP contribution in [0.2, 0.25) is 0 Å². The van der Waals surface area contributed by atoms with Gasteiger partial charge < -0.3 is 4.74 Å². The van der Waals surface area contributed by atoms with Gasteiger partial charge in [-0.2, -0.15) is 0 Å². The first-order valence-electron chi connectivity index (χ1n) is 16.9. The van der Waals surface area contributed by atoms with E-state index in [2.05, 4.69) is 0 Å². The monoisotopic (exact) mass is 699 g/mol. The highest BCUT2D eigenvalue weighted by Gasteiger charge is 2.42. The fourth-order valence-corrected chi connectivity index (χ4v) is 7.34. The van der Waals surface area contributed by atoms with Gasteiger partial charge >= 0.3 is 5.97 Å². The number of aromatic nitrogens is 1. The predicted octanol–water partition coefficient (Wildman–Crippen LogP) is 6.19. The topological polar surface area (TPSA) is 148 Å². The number of hydrogen-bond donors (Lipinski definition) is 0. The maximum absolute atomic E-state index is 13.8. The molecule has 3 aliphatic rings. The molecule has 1 unspecified atom stereocenters. The summed E-state index contributed by atoms with van der Waals surface area (Å²) in [6.45, 7) is -0.0330. The van der Waals surface area contributed by atoms with E-state index in [-0.39, 0.29) is 64.3 Å². The third kappa shape index (κ3) is 4.89. The average molecular weight is 700 g/mol. The number of ketones is 2. The highest BCUT2D eigenvalue weighted by Crippen LogP contribution is 2.38. The van der Waals surface area contributed by atoms with Crippen LogP contribution < -0.4 is 4.90 Å². The molecule has 0 saturated heterocycles. The minimum atomic E-state index is -1.30. The number of pyridine rings is 1. The molecule has 0 saturated carbocycles. The van der Waals surface area contributed by atoms with E-state index in [4.69, 9.17) is 9.72 Å². The molecule has 256 valence electrons. The second-order valence-electron chi connectivity index (χ2n) is 13.0. The van der Waals surface area contributed by atoms with Crippen molar-refractivity contribution in [3.8, 4) is 0 Å². The third-order valence-corrected chi connectivity index (χ3v) is 9.96. The smallest absolute Gasteiger partial charge is 0.338 e. The van der Waals surface area contributed by atoms with Crippen molar-refractivity contribution in [3.05, 3.63) is 154 Å². The molecule has 1 aliphatic carbocycles. The van der Waals surface area contributed by atoms with Crippen LogP contribution in [-0.4, -0.2) is 64.2 Å². The minimum absolute atomic E-state index is 0.0445. The molecule has 11 nitrogen and oxygen atoms in total. The second-order valence-corrected chi connectivity index (χ2v) is 13.0. The molecule has 53 heavy (non-hydrogen) atoms. The van der Waals surface area contributed by atoms with E-state index in [1.807, 2.05) is 24.3 Å². The molecular weight excluding hydrogens is 674 g/mol. The molecule has 11 heteroatoms. The van der Waals surface area contributed by atoms with Crippen molar-refractivity contribution in [3.63, 3.8) is 0 Å². The van der Waals surface area contributed by atoms with Gasteiger partial charge in [-0.1, -0.05) is 54.6 Å². The number of hydrogen-bond acceptors (Lipinski definition) is 9. The van der Waals surface area contributed by atoms with E-state index in [0.29, 0.717) is 16.5 Å². The molecule has 2 aliphatic heterocycles. The summed E-state index contributed by atoms with van der Waals surface area (Å²) in [5.74, 6) is -4.89. The number of imide groups is 2. The van der Waals surface area contributed by atoms with Crippen molar-refractivity contribution < 1.29 is 38.3 Å². The Morgan fingerprint density at radius 2 is 1.21 bits per heavy atom. The van der Waals surface area contributed by atoms with Crippen molar-refractivity contribution >= 4 is 68.5 Å². The molecule has 3 heterocycles. The van der Waals surface area contributed by atoms with Crippen LogP contribution in [-0.2, 0) is 4.74 Å². The zero-order valence-corrected chi connectivity index (χ0v) is 27.7. The fraction of sp³-hybridized carbons (Fsp3) is 0.0952. The van der Waals surface area contributed by atoms with Crippen LogP contribution in [0.3, 0.4) is 0 Å². The number of nitrogens with zero attached hydrogens (tertiary/aromatic N) is 3. The number of benzene rings is 5. The molecule has 9 rings (SSSR count). The lowest BCUT2D eigenvalue weighted by Gasteiger charge is -2.17. The van der Waals surface area contributed by atoms with E-state index in [1.54, 1.807) is 66.7 Å². The normalized spacial score (nSPS) is 16.2. The van der Waals surface area contributed by atoms with Crippen molar-refractivity contribution in [1.82, 2.24) is 9.88 Å². The number of fused-ring (bicyclic) bond motifs is 5. The molecule has 0 spiro atoms. The molecule has 0 fully saturated rings. The molecular formula is C42H25N3O8. The van der Waals surface area contributed by atoms with Crippen LogP contribution in [0, 0.1) is 0 Å². The second kappa shape index (κ2) is 12.0. The quantitative estimate of drug-likeness (QED) is 0.0823. The maximum Gasteiger partial charge on any atom is 0.338 e. The summed E-state index contributed by atoms with van der Waals surface area (Å²) in [6.07, 6.45) is 0.203. The Kier molecular flexibility index (Phi) is 7.19. The first-order chi connectivity index (χ1) is 25.7. The first-order valence-corrected chi connectivity index (χ1v) is 16.9. The molecule has 1 aromatic heterocycles. The van der Waals surface area contributed by atoms with Crippen LogP contribution in [0.15, 0.2) is 109 Å². The van der Waals surface area contributed by atoms with Crippen molar-refractivity contribution in [2.75, 3.05) is 18.1 Å². The van der Waals surface area contributed by atoms with E-state index in [1.165, 1.54) is 18.2 Å². The van der Waals surface area contributed by atoms with Gasteiger partial charge in [0.15, 0.2) is 11.6 Å². The standard InChI is InChI=1S/C42H25N3O8/c46-36-26-15-13-25(42(52)53-18-6-17-44-38(48)27-10-3-4-11-28(27)39(44)49)21-29(26)37(47)34(36)32-16-14-22-9-5-12-33(35(22)43-32)45-40(50)30-19-23-7-1-2-8-24(23)20-31(30)41(45)51/h1-5,7-16,19-21,34H,6,17-18H2. The minimum Gasteiger partial charge on any atom is -0.462 e. The van der Waals surface area contributed by atoms with Gasteiger partial charge in [0, 0.05) is 23.1 Å². The van der Waals surface area contributed by atoms with Crippen LogP contribution in [0.5, 0.6) is 0 Å². The van der Waals surface area contributed by atoms with Gasteiger partial charge in [-0.3, -0.25) is 33.7 Å². The molecule has 0 bridgehead atoms. The van der Waals surface area contributed by atoms with Crippen LogP contribution >= 0.6 is 0 Å². The fourth-order valence-electron chi connectivity index (χ4n) is 7.34. The van der Waals surface area contributed by atoms with Crippen molar-refractivity contribution in [2.24, 2.45) is 0 Å². The van der Waals surface area contributed by atoms with E-state index in [9.17, 15) is 33.6 Å². The summed E-state index contributed by atoms with van der Waals surface area (Å²) >= 11 is 0. The lowest BCUT2D eigenvalue weighted by Crippen LogP contribution is -2.31. The van der Waals surface area contributed by atoms with Gasteiger partial charge in [-0.15, -0.1) is 0 Å². The number of ether oxygens (including phenoxy) is 1. The largest absolute Gasteiger partial charge is 0.462 e. The Bertz CT molecular complexity index is 2610. The molecule has 0 N–H and O–H groups in total. The Balaban J connectivity index is 0.935. The summed E-state index contributed by atoms with van der Waals surface area (Å²) in [6, 6.07) is 29.8. The zero-order valence-electron chi connectivity index (χ0n) is 27.7. The van der Waals surface area contributed by atoms with Crippen molar-refractivity contribution in [2.45, 2.75) is 12.3 Å². The van der Waals surface area contributed by atoms with Gasteiger partial charge in [0.1, 0.15) is 5.92 Å². The number of rotatable bonds is 7. The first kappa shape index (κ1) is 31.8. The number of carbonyl (C=O) groups excluding carboxylic acids is 7. The number of carbonyl (C=O) groups is 7. The Labute approximate surface area is 300 Å². The molecule has 0 radical (unpaired) electrons. The van der Waals surface area contributed by atoms with E-state index < -0.39 is 47.1 Å². The average Bonchev–Trinajstić information content (AvgIpc) is 3.69. The van der Waals surface area contributed by atoms with Gasteiger partial charge in [-0.05, 0) is 71.8 Å². The predicted molar refractivity (Wildman–Crippen MR) is 191 cm³/mol. The molecule has 4 amide bonds. The van der Waals surface area contributed by atoms with Crippen LogP contribution in [0.4, 0.5) is 5.69 Å². The zero-order chi connectivity index (χ0) is 36.5. The van der Waals surface area contributed by atoms with Crippen LogP contribution in [0.1, 0.15) is 90.5 Å². The number of amides is 4. The van der Waals surface area contributed by atoms with E-state index in [0.717, 1.165) is 20.6 Å². The SMILES string of the molecule is O=C(OCCCN1C(=O)c2ccccc2C1=O)c1ccc2c(c1)C(=O)C(c1ccc3cccc(N4C(=O)c5cc6ccccc6cc5C4=O)c3n1)C2=O. The van der Waals surface area contributed by atoms with Crippen molar-refractivity contribution in [1.29, 1.82) is 0 Å². The van der Waals surface area contributed by atoms with Crippen LogP contribution in [0.25, 0.3) is 21.7 Å². The lowest BCUT2D eigenvalue weighted by atomic mass is 9.98. The summed E-state index contributed by atoms with van der Waals surface area (Å²) in [7, 11) is 0. The summed E-state index contributed by atoms with van der Waals surface area (Å²) < 4.78 is 5.39. The Hall–Kier alpha value is -7.14. The Morgan fingerprint density at radius 3 is 1.89 bits per heavy atom. The van der Waals surface area contributed by atoms with Gasteiger partial charge in [0.05, 0.1) is 51.3 Å². The summed E-state index contributed by atoms with van der Waals surface area (Å²) in [4.78, 5) is 99.9. The Morgan fingerprint density at radius 1 is 0.585 bits per heavy atom. The van der Waals surface area contributed by atoms with Gasteiger partial charge in [0.25, 0.3) is 23.6 Å². The summed E-state index contributed by atoms with van der Waals surface area (Å²) in [5, 5.41) is 2.24. The number of para-hydroxylation sites is 1. The maximum atomic E-state index is 13.8. The summed E-state index contributed by atoms with van der Waals surface area (Å²) in [5.41, 5.74) is 2.07. The highest BCUT2D eigenvalue weighted by molar-refractivity contribution is 6.37. The third-order valence-electron chi connectivity index (χ3n) is 9.96. The number of Topliss-reactive ketones (excluding diaryl/α,β-unsaturated/α-hetero) is 2. The molecule has 5 aromatic carbocycles.